The van der Waals surface area contributed by atoms with Gasteiger partial charge in [-0.25, -0.2) is 4.39 Å². The zero-order valence-corrected chi connectivity index (χ0v) is 12.2. The molecule has 0 fully saturated rings. The normalized spacial score (nSPS) is 13.8. The van der Waals surface area contributed by atoms with Gasteiger partial charge in [0.25, 0.3) is 0 Å². The van der Waals surface area contributed by atoms with E-state index >= 15 is 0 Å². The first kappa shape index (κ1) is 16.4. The average Bonchev–Trinajstić information content (AvgIpc) is 2.40. The van der Waals surface area contributed by atoms with Crippen molar-refractivity contribution in [2.45, 2.75) is 38.6 Å². The molecule has 0 bridgehead atoms. The lowest BCUT2D eigenvalue weighted by Crippen LogP contribution is -2.49. The Bertz CT molecular complexity index is 431. The van der Waals surface area contributed by atoms with Crippen molar-refractivity contribution in [2.75, 3.05) is 18.0 Å². The van der Waals surface area contributed by atoms with Crippen molar-refractivity contribution < 1.29 is 9.18 Å². The van der Waals surface area contributed by atoms with Crippen LogP contribution in [0.5, 0.6) is 0 Å². The SMILES string of the molecule is CCN(CCCCC(C)(N)C(N)=O)c1ccc(F)cc1. The minimum absolute atomic E-state index is 0.231. The minimum Gasteiger partial charge on any atom is -0.372 e. The number of hydrogen-bond acceptors (Lipinski definition) is 3. The fourth-order valence-electron chi connectivity index (χ4n) is 2.04. The lowest BCUT2D eigenvalue weighted by molar-refractivity contribution is -0.122. The Morgan fingerprint density at radius 1 is 1.30 bits per heavy atom. The predicted octanol–water partition coefficient (Wildman–Crippen LogP) is 2.02. The molecule has 0 aliphatic carbocycles. The largest absolute Gasteiger partial charge is 0.372 e. The van der Waals surface area contributed by atoms with Gasteiger partial charge < -0.3 is 16.4 Å². The molecule has 0 spiro atoms. The summed E-state index contributed by atoms with van der Waals surface area (Å²) in [6, 6.07) is 6.47. The van der Waals surface area contributed by atoms with E-state index in [2.05, 4.69) is 11.8 Å². The van der Waals surface area contributed by atoms with Crippen LogP contribution in [-0.4, -0.2) is 24.5 Å². The van der Waals surface area contributed by atoms with E-state index in [0.29, 0.717) is 6.42 Å². The Morgan fingerprint density at radius 2 is 1.90 bits per heavy atom. The van der Waals surface area contributed by atoms with Gasteiger partial charge in [0, 0.05) is 18.8 Å². The molecule has 1 atom stereocenters. The first-order chi connectivity index (χ1) is 9.36. The Kier molecular flexibility index (Phi) is 5.95. The van der Waals surface area contributed by atoms with Gasteiger partial charge >= 0.3 is 0 Å². The van der Waals surface area contributed by atoms with Gasteiger partial charge in [-0.3, -0.25) is 4.79 Å². The Balaban J connectivity index is 2.43. The van der Waals surface area contributed by atoms with Gasteiger partial charge in [-0.2, -0.15) is 0 Å². The Morgan fingerprint density at radius 3 is 2.40 bits per heavy atom. The number of hydrogen-bond donors (Lipinski definition) is 2. The second-order valence-corrected chi connectivity index (χ2v) is 5.29. The summed E-state index contributed by atoms with van der Waals surface area (Å²) in [4.78, 5) is 13.3. The third-order valence-corrected chi connectivity index (χ3v) is 3.51. The number of nitrogens with two attached hydrogens (primary N) is 2. The highest BCUT2D eigenvalue weighted by atomic mass is 19.1. The van der Waals surface area contributed by atoms with Gasteiger partial charge in [-0.05, 0) is 57.4 Å². The van der Waals surface area contributed by atoms with Crippen LogP contribution in [0.1, 0.15) is 33.1 Å². The monoisotopic (exact) mass is 281 g/mol. The lowest BCUT2D eigenvalue weighted by Gasteiger charge is -2.24. The van der Waals surface area contributed by atoms with Crippen molar-refractivity contribution in [1.29, 1.82) is 0 Å². The van der Waals surface area contributed by atoms with E-state index < -0.39 is 11.4 Å². The molecule has 5 heteroatoms. The van der Waals surface area contributed by atoms with Crippen LogP contribution in [0.15, 0.2) is 24.3 Å². The smallest absolute Gasteiger partial charge is 0.237 e. The highest BCUT2D eigenvalue weighted by molar-refractivity contribution is 5.83. The van der Waals surface area contributed by atoms with E-state index in [1.165, 1.54) is 12.1 Å². The summed E-state index contributed by atoms with van der Waals surface area (Å²) in [7, 11) is 0. The molecule has 4 nitrogen and oxygen atoms in total. The van der Waals surface area contributed by atoms with Crippen molar-refractivity contribution in [2.24, 2.45) is 11.5 Å². The van der Waals surface area contributed by atoms with Crippen LogP contribution in [-0.2, 0) is 4.79 Å². The molecule has 0 aliphatic heterocycles. The Hall–Kier alpha value is -1.62. The average molecular weight is 281 g/mol. The van der Waals surface area contributed by atoms with Crippen LogP contribution in [0.25, 0.3) is 0 Å². The van der Waals surface area contributed by atoms with Crippen molar-refractivity contribution >= 4 is 11.6 Å². The Labute approximate surface area is 119 Å². The first-order valence-corrected chi connectivity index (χ1v) is 6.96. The van der Waals surface area contributed by atoms with Gasteiger partial charge in [-0.1, -0.05) is 0 Å². The maximum Gasteiger partial charge on any atom is 0.237 e. The molecule has 0 aromatic heterocycles. The summed E-state index contributed by atoms with van der Waals surface area (Å²) in [5, 5.41) is 0. The minimum atomic E-state index is -0.938. The molecule has 1 aromatic carbocycles. The number of carbonyl (C=O) groups is 1. The molecule has 1 aromatic rings. The van der Waals surface area contributed by atoms with Crippen LogP contribution >= 0.6 is 0 Å². The molecule has 1 rings (SSSR count). The number of nitrogens with zero attached hydrogens (tertiary/aromatic N) is 1. The summed E-state index contributed by atoms with van der Waals surface area (Å²) in [5.41, 5.74) is 11.1. The predicted molar refractivity (Wildman–Crippen MR) is 79.9 cm³/mol. The number of anilines is 1. The van der Waals surface area contributed by atoms with Gasteiger partial charge in [0.15, 0.2) is 0 Å². The molecule has 0 aliphatic rings. The number of halogens is 1. The van der Waals surface area contributed by atoms with Gasteiger partial charge in [0.1, 0.15) is 5.82 Å². The zero-order valence-electron chi connectivity index (χ0n) is 12.2. The third-order valence-electron chi connectivity index (χ3n) is 3.51. The maximum atomic E-state index is 12.9. The van der Waals surface area contributed by atoms with Crippen molar-refractivity contribution in [3.8, 4) is 0 Å². The molecular formula is C15H24FN3O. The number of primary amides is 1. The maximum absolute atomic E-state index is 12.9. The second kappa shape index (κ2) is 7.24. The number of unbranched alkanes of at least 4 members (excludes halogenated alkanes) is 1. The van der Waals surface area contributed by atoms with E-state index in [0.717, 1.165) is 31.6 Å². The first-order valence-electron chi connectivity index (χ1n) is 6.96. The molecule has 0 radical (unpaired) electrons. The zero-order chi connectivity index (χ0) is 15.2. The fraction of sp³-hybridized carbons (Fsp3) is 0.533. The van der Waals surface area contributed by atoms with Crippen molar-refractivity contribution in [3.63, 3.8) is 0 Å². The summed E-state index contributed by atoms with van der Waals surface area (Å²) in [6.07, 6.45) is 2.31. The third kappa shape index (κ3) is 4.81. The second-order valence-electron chi connectivity index (χ2n) is 5.29. The highest BCUT2D eigenvalue weighted by Crippen LogP contribution is 2.16. The molecule has 1 amide bonds. The number of amides is 1. The van der Waals surface area contributed by atoms with Gasteiger partial charge in [0.2, 0.25) is 5.91 Å². The van der Waals surface area contributed by atoms with E-state index in [9.17, 15) is 9.18 Å². The lowest BCUT2D eigenvalue weighted by atomic mass is 9.95. The van der Waals surface area contributed by atoms with Crippen LogP contribution in [0.2, 0.25) is 0 Å². The van der Waals surface area contributed by atoms with E-state index in [4.69, 9.17) is 11.5 Å². The molecule has 20 heavy (non-hydrogen) atoms. The van der Waals surface area contributed by atoms with Crippen molar-refractivity contribution in [1.82, 2.24) is 0 Å². The molecular weight excluding hydrogens is 257 g/mol. The summed E-state index contributed by atoms with van der Waals surface area (Å²) < 4.78 is 12.9. The van der Waals surface area contributed by atoms with Crippen LogP contribution in [0.3, 0.4) is 0 Å². The van der Waals surface area contributed by atoms with Gasteiger partial charge in [-0.15, -0.1) is 0 Å². The molecule has 0 heterocycles. The summed E-state index contributed by atoms with van der Waals surface area (Å²) >= 11 is 0. The highest BCUT2D eigenvalue weighted by Gasteiger charge is 2.24. The fourth-order valence-corrected chi connectivity index (χ4v) is 2.04. The topological polar surface area (TPSA) is 72.3 Å². The van der Waals surface area contributed by atoms with Crippen LogP contribution in [0.4, 0.5) is 10.1 Å². The van der Waals surface area contributed by atoms with E-state index in [-0.39, 0.29) is 5.82 Å². The summed E-state index contributed by atoms with van der Waals surface area (Å²) in [6.45, 7) is 5.41. The molecule has 0 saturated carbocycles. The molecule has 112 valence electrons. The number of carbonyl (C=O) groups excluding carboxylic acids is 1. The number of rotatable bonds is 8. The molecule has 1 unspecified atom stereocenters. The molecule has 4 N–H and O–H groups in total. The van der Waals surface area contributed by atoms with E-state index in [1.54, 1.807) is 19.1 Å². The summed E-state index contributed by atoms with van der Waals surface area (Å²) in [5.74, 6) is -0.700. The van der Waals surface area contributed by atoms with Gasteiger partial charge in [0.05, 0.1) is 5.54 Å². The van der Waals surface area contributed by atoms with Crippen LogP contribution in [0, 0.1) is 5.82 Å². The standard InChI is InChI=1S/C15H24FN3O/c1-3-19(13-8-6-12(16)7-9-13)11-5-4-10-15(2,18)14(17)20/h6-9H,3-5,10-11,18H2,1-2H3,(H2,17,20). The van der Waals surface area contributed by atoms with Crippen LogP contribution < -0.4 is 16.4 Å². The number of benzene rings is 1. The quantitative estimate of drug-likeness (QED) is 0.716. The molecule has 0 saturated heterocycles. The van der Waals surface area contributed by atoms with E-state index in [1.807, 2.05) is 0 Å². The van der Waals surface area contributed by atoms with Crippen molar-refractivity contribution in [3.05, 3.63) is 30.1 Å².